The van der Waals surface area contributed by atoms with Gasteiger partial charge < -0.3 is 18.9 Å². The van der Waals surface area contributed by atoms with E-state index in [1.807, 2.05) is 69.0 Å². The number of piperidine rings is 1. The first-order valence-electron chi connectivity index (χ1n) is 10.3. The average molecular weight is 433 g/mol. The van der Waals surface area contributed by atoms with Crippen molar-refractivity contribution >= 4 is 18.3 Å². The second-order valence-electron chi connectivity index (χ2n) is 8.70. The lowest BCUT2D eigenvalue weighted by Crippen LogP contribution is -2.47. The summed E-state index contributed by atoms with van der Waals surface area (Å²) in [4.78, 5) is 16.4. The van der Waals surface area contributed by atoms with Gasteiger partial charge in [0.2, 0.25) is 0 Å². The zero-order valence-corrected chi connectivity index (χ0v) is 19.3. The molecule has 0 N–H and O–H groups in total. The van der Waals surface area contributed by atoms with Crippen molar-refractivity contribution in [1.29, 1.82) is 0 Å². The number of carbonyl (C=O) groups is 1. The van der Waals surface area contributed by atoms with Crippen molar-refractivity contribution in [2.24, 2.45) is 0 Å². The van der Waals surface area contributed by atoms with Gasteiger partial charge in [0, 0.05) is 44.3 Å². The number of rotatable bonds is 5. The van der Waals surface area contributed by atoms with E-state index in [-0.39, 0.29) is 12.1 Å². The van der Waals surface area contributed by atoms with E-state index in [4.69, 9.17) is 21.7 Å². The van der Waals surface area contributed by atoms with Gasteiger partial charge in [-0.1, -0.05) is 0 Å². The van der Waals surface area contributed by atoms with Crippen LogP contribution in [0.1, 0.15) is 33.6 Å². The predicted molar refractivity (Wildman–Crippen MR) is 120 cm³/mol. The normalized spacial score (nSPS) is 15.8. The highest BCUT2D eigenvalue weighted by molar-refractivity contribution is 7.71. The Labute approximate surface area is 183 Å². The molecule has 0 unspecified atom stereocenters. The number of carbonyl (C=O) groups excluding carboxylic acids is 1. The number of ether oxygens (including phenoxy) is 2. The summed E-state index contributed by atoms with van der Waals surface area (Å²) in [5.41, 5.74) is 0.539. The molecule has 164 valence electrons. The molecular weight excluding hydrogens is 400 g/mol. The molecule has 0 saturated carbocycles. The number of nitrogens with zero attached hydrogens (tertiary/aromatic N) is 4. The highest BCUT2D eigenvalue weighted by Crippen LogP contribution is 2.20. The maximum absolute atomic E-state index is 12.3. The molecule has 30 heavy (non-hydrogen) atoms. The molecule has 3 rings (SSSR count). The van der Waals surface area contributed by atoms with Crippen LogP contribution in [0.4, 0.5) is 4.79 Å². The van der Waals surface area contributed by atoms with Gasteiger partial charge in [0.15, 0.2) is 4.77 Å². The number of amides is 1. The van der Waals surface area contributed by atoms with Crippen LogP contribution in [0, 0.1) is 4.77 Å². The summed E-state index contributed by atoms with van der Waals surface area (Å²) in [7, 11) is 3.49. The fourth-order valence-corrected chi connectivity index (χ4v) is 3.89. The zero-order chi connectivity index (χ0) is 21.9. The van der Waals surface area contributed by atoms with Gasteiger partial charge in [-0.25, -0.2) is 4.79 Å². The topological polar surface area (TPSA) is 51.9 Å². The van der Waals surface area contributed by atoms with Crippen molar-refractivity contribution in [2.45, 2.75) is 51.9 Å². The fraction of sp³-hybridized carbons (Fsp3) is 0.545. The Hall–Kier alpha value is -2.32. The minimum atomic E-state index is -0.473. The maximum Gasteiger partial charge on any atom is 0.410 e. The molecule has 1 amide bonds. The Morgan fingerprint density at radius 1 is 1.17 bits per heavy atom. The van der Waals surface area contributed by atoms with Crippen molar-refractivity contribution in [3.05, 3.63) is 41.4 Å². The molecule has 1 fully saturated rings. The van der Waals surface area contributed by atoms with Crippen LogP contribution < -0.4 is 4.74 Å². The first-order valence-corrected chi connectivity index (χ1v) is 10.7. The second-order valence-corrected chi connectivity index (χ2v) is 9.07. The van der Waals surface area contributed by atoms with Gasteiger partial charge in [0.25, 0.3) is 0 Å². The molecule has 0 radical (unpaired) electrons. The quantitative estimate of drug-likeness (QED) is 0.659. The third-order valence-corrected chi connectivity index (χ3v) is 5.77. The van der Waals surface area contributed by atoms with Gasteiger partial charge in [-0.3, -0.25) is 9.47 Å². The molecule has 0 aliphatic carbocycles. The maximum atomic E-state index is 12.3. The van der Waals surface area contributed by atoms with Crippen LogP contribution in [0.15, 0.2) is 36.7 Å². The Morgan fingerprint density at radius 2 is 1.80 bits per heavy atom. The van der Waals surface area contributed by atoms with Crippen molar-refractivity contribution < 1.29 is 14.3 Å². The fourth-order valence-electron chi connectivity index (χ4n) is 3.61. The van der Waals surface area contributed by atoms with Gasteiger partial charge in [-0.2, -0.15) is 0 Å². The lowest BCUT2D eigenvalue weighted by molar-refractivity contribution is 0.0137. The number of likely N-dealkylation sites (tertiary alicyclic amines) is 1. The SMILES string of the molecule is COc1ccc(-n2ccn(CN3CCC(N(C)C(=O)OC(C)(C)C)CC3)c2=S)cc1. The molecule has 2 heterocycles. The minimum absolute atomic E-state index is 0.202. The molecule has 1 saturated heterocycles. The first-order chi connectivity index (χ1) is 14.2. The molecule has 1 aliphatic rings. The Balaban J connectivity index is 1.57. The lowest BCUT2D eigenvalue weighted by Gasteiger charge is -2.37. The molecular formula is C22H32N4O3S. The van der Waals surface area contributed by atoms with Crippen LogP contribution >= 0.6 is 12.2 Å². The summed E-state index contributed by atoms with van der Waals surface area (Å²) in [5.74, 6) is 0.823. The van der Waals surface area contributed by atoms with Crippen LogP contribution in [0.2, 0.25) is 0 Å². The van der Waals surface area contributed by atoms with E-state index in [0.717, 1.165) is 48.8 Å². The van der Waals surface area contributed by atoms with Crippen molar-refractivity contribution in [1.82, 2.24) is 18.9 Å². The predicted octanol–water partition coefficient (Wildman–Crippen LogP) is 4.31. The van der Waals surface area contributed by atoms with E-state index in [1.165, 1.54) is 0 Å². The number of benzene rings is 1. The van der Waals surface area contributed by atoms with E-state index in [9.17, 15) is 4.79 Å². The number of hydrogen-bond donors (Lipinski definition) is 0. The van der Waals surface area contributed by atoms with Crippen LogP contribution in [0.3, 0.4) is 0 Å². The lowest BCUT2D eigenvalue weighted by atomic mass is 10.0. The average Bonchev–Trinajstić information content (AvgIpc) is 3.07. The smallest absolute Gasteiger partial charge is 0.410 e. The van der Waals surface area contributed by atoms with E-state index in [1.54, 1.807) is 12.0 Å². The third-order valence-electron chi connectivity index (χ3n) is 5.34. The molecule has 7 nitrogen and oxygen atoms in total. The van der Waals surface area contributed by atoms with Gasteiger partial charge in [0.05, 0.1) is 13.8 Å². The summed E-state index contributed by atoms with van der Waals surface area (Å²) in [5, 5.41) is 0. The summed E-state index contributed by atoms with van der Waals surface area (Å²) in [6.07, 6.45) is 5.60. The zero-order valence-electron chi connectivity index (χ0n) is 18.5. The minimum Gasteiger partial charge on any atom is -0.497 e. The van der Waals surface area contributed by atoms with Gasteiger partial charge >= 0.3 is 6.09 Å². The van der Waals surface area contributed by atoms with E-state index < -0.39 is 5.60 Å². The summed E-state index contributed by atoms with van der Waals surface area (Å²) < 4.78 is 15.6. The molecule has 2 aromatic rings. The summed E-state index contributed by atoms with van der Waals surface area (Å²) in [6.45, 7) is 8.24. The number of imidazole rings is 1. The highest BCUT2D eigenvalue weighted by atomic mass is 32.1. The summed E-state index contributed by atoms with van der Waals surface area (Å²) >= 11 is 5.69. The van der Waals surface area contributed by atoms with Crippen LogP contribution in [-0.2, 0) is 11.4 Å². The van der Waals surface area contributed by atoms with Crippen LogP contribution in [0.25, 0.3) is 5.69 Å². The number of aromatic nitrogens is 2. The van der Waals surface area contributed by atoms with E-state index in [2.05, 4.69) is 9.47 Å². The third kappa shape index (κ3) is 5.43. The largest absolute Gasteiger partial charge is 0.497 e. The van der Waals surface area contributed by atoms with Crippen molar-refractivity contribution in [3.8, 4) is 11.4 Å². The molecule has 1 aromatic carbocycles. The molecule has 1 aliphatic heterocycles. The van der Waals surface area contributed by atoms with Gasteiger partial charge in [-0.15, -0.1) is 0 Å². The van der Waals surface area contributed by atoms with Crippen LogP contribution in [-0.4, -0.2) is 63.9 Å². The molecule has 0 spiro atoms. The molecule has 0 bridgehead atoms. The van der Waals surface area contributed by atoms with Crippen LogP contribution in [0.5, 0.6) is 5.75 Å². The Morgan fingerprint density at radius 3 is 2.37 bits per heavy atom. The molecule has 0 atom stereocenters. The number of methoxy groups -OCH3 is 1. The van der Waals surface area contributed by atoms with Crippen molar-refractivity contribution in [2.75, 3.05) is 27.2 Å². The number of hydrogen-bond acceptors (Lipinski definition) is 5. The highest BCUT2D eigenvalue weighted by Gasteiger charge is 2.28. The standard InChI is InChI=1S/C22H32N4O3S/c1-22(2,3)29-21(27)23(4)17-10-12-24(13-11-17)16-25-14-15-26(20(25)30)18-6-8-19(28-5)9-7-18/h6-9,14-15,17H,10-13,16H2,1-5H3. The van der Waals surface area contributed by atoms with E-state index in [0.29, 0.717) is 0 Å². The first kappa shape index (κ1) is 22.4. The monoisotopic (exact) mass is 432 g/mol. The second kappa shape index (κ2) is 9.22. The Bertz CT molecular complexity index is 906. The molecule has 8 heteroatoms. The van der Waals surface area contributed by atoms with Gasteiger partial charge in [0.1, 0.15) is 11.4 Å². The molecule has 1 aromatic heterocycles. The Kier molecular flexibility index (Phi) is 6.88. The van der Waals surface area contributed by atoms with Crippen molar-refractivity contribution in [3.63, 3.8) is 0 Å². The van der Waals surface area contributed by atoms with Gasteiger partial charge in [-0.05, 0) is 70.1 Å². The van der Waals surface area contributed by atoms with E-state index >= 15 is 0 Å². The summed E-state index contributed by atoms with van der Waals surface area (Å²) in [6, 6.07) is 8.06.